The third-order valence-corrected chi connectivity index (χ3v) is 3.17. The molecule has 0 unspecified atom stereocenters. The molecule has 7 nitrogen and oxygen atoms in total. The number of halogens is 3. The van der Waals surface area contributed by atoms with E-state index in [9.17, 15) is 31.7 Å². The number of sulfonamides is 1. The van der Waals surface area contributed by atoms with Crippen LogP contribution in [0.1, 0.15) is 5.56 Å². The van der Waals surface area contributed by atoms with Gasteiger partial charge in [-0.05, 0) is 6.07 Å². The highest BCUT2D eigenvalue weighted by molar-refractivity contribution is 7.89. The van der Waals surface area contributed by atoms with E-state index in [1.807, 2.05) is 0 Å². The normalized spacial score (nSPS) is 12.4. The number of alkyl halides is 3. The van der Waals surface area contributed by atoms with Gasteiger partial charge in [0.05, 0.1) is 15.4 Å². The van der Waals surface area contributed by atoms with Gasteiger partial charge in [0.25, 0.3) is 15.7 Å². The molecule has 0 aromatic heterocycles. The number of rotatable bonds is 3. The molecule has 0 aliphatic carbocycles. The monoisotopic (exact) mass is 285 g/mol. The zero-order chi connectivity index (χ0) is 14.1. The smallest absolute Gasteiger partial charge is 0.258 e. The number of nitro benzene ring substituents is 1. The van der Waals surface area contributed by atoms with E-state index in [4.69, 9.17) is 0 Å². The fourth-order valence-electron chi connectivity index (χ4n) is 1.15. The van der Waals surface area contributed by atoms with Gasteiger partial charge in [-0.25, -0.2) is 8.42 Å². The number of benzene rings is 1. The number of nitrogens with one attached hydrogen (secondary N) is 1. The summed E-state index contributed by atoms with van der Waals surface area (Å²) in [6, 6.07) is 1.24. The molecule has 0 spiro atoms. The van der Waals surface area contributed by atoms with Crippen molar-refractivity contribution in [2.45, 2.75) is 11.1 Å². The Labute approximate surface area is 98.6 Å². The lowest BCUT2D eigenvalue weighted by molar-refractivity contribution is -0.385. The van der Waals surface area contributed by atoms with Crippen LogP contribution in [0.5, 0.6) is 0 Å². The summed E-state index contributed by atoms with van der Waals surface area (Å²) in [6.45, 7) is 0. The van der Waals surface area contributed by atoms with Crippen molar-refractivity contribution >= 4 is 15.7 Å². The molecule has 0 saturated heterocycles. The topological polar surface area (TPSA) is 115 Å². The highest BCUT2D eigenvalue weighted by atomic mass is 32.2. The fourth-order valence-corrected chi connectivity index (χ4v) is 1.99. The molecular weight excluding hydrogens is 279 g/mol. The van der Waals surface area contributed by atoms with Crippen LogP contribution in [0.15, 0.2) is 23.1 Å². The first-order valence-corrected chi connectivity index (χ1v) is 5.66. The Morgan fingerprint density at radius 1 is 1.33 bits per heavy atom. The van der Waals surface area contributed by atoms with Crippen molar-refractivity contribution in [2.24, 2.45) is 5.84 Å². The SMILES string of the molecule is NNS(=O)(=O)c1ccc([N+](=O)[O-])cc1C(F)(F)F. The molecule has 0 bridgehead atoms. The maximum absolute atomic E-state index is 12.6. The van der Waals surface area contributed by atoms with E-state index in [0.717, 1.165) is 0 Å². The number of nitro groups is 1. The molecule has 100 valence electrons. The van der Waals surface area contributed by atoms with Gasteiger partial charge in [-0.15, -0.1) is 0 Å². The molecule has 0 amide bonds. The minimum absolute atomic E-state index is 0.129. The van der Waals surface area contributed by atoms with E-state index in [2.05, 4.69) is 5.84 Å². The van der Waals surface area contributed by atoms with E-state index < -0.39 is 37.3 Å². The van der Waals surface area contributed by atoms with Gasteiger partial charge >= 0.3 is 6.18 Å². The van der Waals surface area contributed by atoms with Crippen LogP contribution in [-0.2, 0) is 16.2 Å². The van der Waals surface area contributed by atoms with E-state index in [0.29, 0.717) is 12.1 Å². The van der Waals surface area contributed by atoms with Gasteiger partial charge in [0.1, 0.15) is 0 Å². The van der Waals surface area contributed by atoms with E-state index in [-0.39, 0.29) is 6.07 Å². The summed E-state index contributed by atoms with van der Waals surface area (Å²) in [5.74, 6) is 4.61. The molecule has 1 aromatic rings. The lowest BCUT2D eigenvalue weighted by Crippen LogP contribution is -2.31. The van der Waals surface area contributed by atoms with Gasteiger partial charge in [-0.2, -0.15) is 18.0 Å². The molecule has 0 atom stereocenters. The van der Waals surface area contributed by atoms with Crippen LogP contribution in [0.4, 0.5) is 18.9 Å². The Bertz CT molecular complexity index is 584. The average molecular weight is 285 g/mol. The largest absolute Gasteiger partial charge is 0.417 e. The Balaban J connectivity index is 3.60. The summed E-state index contributed by atoms with van der Waals surface area (Å²) in [5, 5.41) is 10.4. The van der Waals surface area contributed by atoms with Crippen LogP contribution in [0.2, 0.25) is 0 Å². The summed E-state index contributed by atoms with van der Waals surface area (Å²) in [6.07, 6.45) is -5.06. The molecule has 3 N–H and O–H groups in total. The Hall–Kier alpha value is -1.72. The number of hydrogen-bond acceptors (Lipinski definition) is 5. The van der Waals surface area contributed by atoms with Crippen LogP contribution in [-0.4, -0.2) is 13.3 Å². The van der Waals surface area contributed by atoms with E-state index in [1.54, 1.807) is 0 Å². The van der Waals surface area contributed by atoms with Gasteiger partial charge in [0.15, 0.2) is 0 Å². The number of hydrogen-bond donors (Lipinski definition) is 2. The second kappa shape index (κ2) is 4.51. The molecule has 1 rings (SSSR count). The van der Waals surface area contributed by atoms with Crippen molar-refractivity contribution in [1.82, 2.24) is 4.83 Å². The summed E-state index contributed by atoms with van der Waals surface area (Å²) >= 11 is 0. The molecule has 1 aromatic carbocycles. The van der Waals surface area contributed by atoms with Crippen LogP contribution >= 0.6 is 0 Å². The zero-order valence-electron chi connectivity index (χ0n) is 8.43. The average Bonchev–Trinajstić information content (AvgIpc) is 2.27. The van der Waals surface area contributed by atoms with Gasteiger partial charge in [-0.1, -0.05) is 0 Å². The molecule has 0 heterocycles. The van der Waals surface area contributed by atoms with Crippen molar-refractivity contribution in [3.63, 3.8) is 0 Å². The Morgan fingerprint density at radius 2 is 1.89 bits per heavy atom. The van der Waals surface area contributed by atoms with Crippen molar-refractivity contribution in [1.29, 1.82) is 0 Å². The molecule has 18 heavy (non-hydrogen) atoms. The lowest BCUT2D eigenvalue weighted by atomic mass is 10.2. The Morgan fingerprint density at radius 3 is 2.28 bits per heavy atom. The van der Waals surface area contributed by atoms with E-state index >= 15 is 0 Å². The number of nitrogens with zero attached hydrogens (tertiary/aromatic N) is 1. The molecule has 0 aliphatic heterocycles. The first-order chi connectivity index (χ1) is 8.09. The third-order valence-electron chi connectivity index (χ3n) is 1.92. The highest BCUT2D eigenvalue weighted by Crippen LogP contribution is 2.36. The zero-order valence-corrected chi connectivity index (χ0v) is 9.25. The van der Waals surface area contributed by atoms with Gasteiger partial charge in [0, 0.05) is 12.1 Å². The minimum atomic E-state index is -5.06. The predicted octanol–water partition coefficient (Wildman–Crippen LogP) is 0.766. The summed E-state index contributed by atoms with van der Waals surface area (Å²) < 4.78 is 60.3. The summed E-state index contributed by atoms with van der Waals surface area (Å²) in [5.41, 5.74) is -2.53. The van der Waals surface area contributed by atoms with Crippen LogP contribution in [0, 0.1) is 10.1 Å². The lowest BCUT2D eigenvalue weighted by Gasteiger charge is -2.12. The van der Waals surface area contributed by atoms with Crippen molar-refractivity contribution < 1.29 is 26.5 Å². The molecule has 0 fully saturated rings. The fraction of sp³-hybridized carbons (Fsp3) is 0.143. The molecule has 0 radical (unpaired) electrons. The van der Waals surface area contributed by atoms with Gasteiger partial charge < -0.3 is 0 Å². The first kappa shape index (κ1) is 14.3. The standard InChI is InChI=1S/C7H6F3N3O4S/c8-7(9,10)5-3-4(13(14)15)1-2-6(5)18(16,17)12-11/h1-3,12H,11H2. The van der Waals surface area contributed by atoms with Gasteiger partial charge in [-0.3, -0.25) is 16.0 Å². The maximum atomic E-state index is 12.6. The van der Waals surface area contributed by atoms with Crippen molar-refractivity contribution in [3.8, 4) is 0 Å². The van der Waals surface area contributed by atoms with Crippen LogP contribution < -0.4 is 10.7 Å². The van der Waals surface area contributed by atoms with Crippen LogP contribution in [0.3, 0.4) is 0 Å². The second-order valence-electron chi connectivity index (χ2n) is 3.06. The maximum Gasteiger partial charge on any atom is 0.417 e. The summed E-state index contributed by atoms with van der Waals surface area (Å²) in [7, 11) is -4.57. The van der Waals surface area contributed by atoms with E-state index in [1.165, 1.54) is 4.83 Å². The van der Waals surface area contributed by atoms with Gasteiger partial charge in [0.2, 0.25) is 0 Å². The molecule has 11 heteroatoms. The molecular formula is C7H6F3N3O4S. The van der Waals surface area contributed by atoms with Crippen LogP contribution in [0.25, 0.3) is 0 Å². The van der Waals surface area contributed by atoms with Crippen molar-refractivity contribution in [3.05, 3.63) is 33.9 Å². The second-order valence-corrected chi connectivity index (χ2v) is 4.74. The first-order valence-electron chi connectivity index (χ1n) is 4.17. The quantitative estimate of drug-likeness (QED) is 0.483. The third kappa shape index (κ3) is 2.75. The summed E-state index contributed by atoms with van der Waals surface area (Å²) in [4.78, 5) is 9.33. The highest BCUT2D eigenvalue weighted by Gasteiger charge is 2.38. The van der Waals surface area contributed by atoms with Crippen molar-refractivity contribution in [2.75, 3.05) is 0 Å². The number of nitrogens with two attached hydrogens (primary N) is 1. The Kier molecular flexibility index (Phi) is 3.59. The number of hydrazine groups is 1. The molecule has 0 aliphatic rings. The predicted molar refractivity (Wildman–Crippen MR) is 52.6 cm³/mol. The minimum Gasteiger partial charge on any atom is -0.258 e. The number of non-ortho nitro benzene ring substituents is 1. The molecule has 0 saturated carbocycles.